The average Bonchev–Trinajstić information content (AvgIpc) is 2.96. The molecule has 2 rings (SSSR count). The molecule has 0 atom stereocenters. The molecule has 104 valence electrons. The van der Waals surface area contributed by atoms with E-state index in [-0.39, 0.29) is 4.21 Å². The van der Waals surface area contributed by atoms with Gasteiger partial charge in [0.25, 0.3) is 0 Å². The van der Waals surface area contributed by atoms with E-state index >= 15 is 0 Å². The third-order valence-corrected chi connectivity index (χ3v) is 6.73. The van der Waals surface area contributed by atoms with E-state index in [2.05, 4.69) is 30.6 Å². The first-order valence-electron chi connectivity index (χ1n) is 5.42. The number of imidazole rings is 1. The predicted octanol–water partition coefficient (Wildman–Crippen LogP) is 2.80. The maximum atomic E-state index is 12.0. The van der Waals surface area contributed by atoms with Gasteiger partial charge in [-0.15, -0.1) is 11.3 Å². The maximum absolute atomic E-state index is 12.0. The zero-order valence-electron chi connectivity index (χ0n) is 9.69. The number of hydrogen-bond acceptors (Lipinski definition) is 4. The molecule has 0 aliphatic rings. The topological polar surface area (TPSA) is 74.8 Å². The molecule has 0 spiro atoms. The van der Waals surface area contributed by atoms with Crippen molar-refractivity contribution < 1.29 is 8.42 Å². The first-order valence-corrected chi connectivity index (χ1v) is 8.89. The number of aryl methyl sites for hydroxylation is 1. The summed E-state index contributed by atoms with van der Waals surface area (Å²) in [7, 11) is -3.48. The van der Waals surface area contributed by atoms with Gasteiger partial charge >= 0.3 is 0 Å². The van der Waals surface area contributed by atoms with Crippen molar-refractivity contribution >= 4 is 48.9 Å². The van der Waals surface area contributed by atoms with Gasteiger partial charge in [-0.1, -0.05) is 11.6 Å². The lowest BCUT2D eigenvalue weighted by atomic mass is 10.3. The molecule has 0 bridgehead atoms. The van der Waals surface area contributed by atoms with Crippen molar-refractivity contribution in [1.82, 2.24) is 14.7 Å². The Bertz CT molecular complexity index is 620. The van der Waals surface area contributed by atoms with Gasteiger partial charge in [0.2, 0.25) is 10.0 Å². The van der Waals surface area contributed by atoms with Crippen LogP contribution in [0.3, 0.4) is 0 Å². The van der Waals surface area contributed by atoms with Crippen LogP contribution in [0.2, 0.25) is 5.02 Å². The molecule has 0 aliphatic carbocycles. The minimum atomic E-state index is -3.48. The number of aromatic amines is 1. The Hall–Kier alpha value is -0.410. The molecular formula is C10H11BrClN3O2S2. The normalized spacial score (nSPS) is 11.9. The van der Waals surface area contributed by atoms with Crippen LogP contribution in [-0.4, -0.2) is 24.9 Å². The molecule has 0 fully saturated rings. The van der Waals surface area contributed by atoms with Gasteiger partial charge in [0.1, 0.15) is 10.0 Å². The number of nitrogens with zero attached hydrogens (tertiary/aromatic N) is 1. The highest BCUT2D eigenvalue weighted by Crippen LogP contribution is 2.34. The van der Waals surface area contributed by atoms with Crippen molar-refractivity contribution in [3.8, 4) is 0 Å². The van der Waals surface area contributed by atoms with Gasteiger partial charge in [-0.05, 0) is 28.4 Å². The van der Waals surface area contributed by atoms with E-state index in [0.29, 0.717) is 28.2 Å². The maximum Gasteiger partial charge on any atom is 0.250 e. The number of sulfonamides is 1. The minimum absolute atomic E-state index is 0.211. The van der Waals surface area contributed by atoms with Crippen molar-refractivity contribution in [2.75, 3.05) is 6.54 Å². The van der Waals surface area contributed by atoms with Crippen LogP contribution in [0.4, 0.5) is 0 Å². The molecule has 2 heterocycles. The molecule has 19 heavy (non-hydrogen) atoms. The summed E-state index contributed by atoms with van der Waals surface area (Å²) in [5.41, 5.74) is 0. The molecule has 9 heteroatoms. The monoisotopic (exact) mass is 383 g/mol. The van der Waals surface area contributed by atoms with E-state index in [1.807, 2.05) is 0 Å². The number of aromatic nitrogens is 2. The zero-order valence-corrected chi connectivity index (χ0v) is 13.7. The summed E-state index contributed by atoms with van der Waals surface area (Å²) in [5.74, 6) is 0.848. The highest BCUT2D eigenvalue weighted by Gasteiger charge is 2.18. The van der Waals surface area contributed by atoms with Gasteiger partial charge < -0.3 is 4.98 Å². The molecule has 2 aromatic heterocycles. The number of thiophene rings is 1. The van der Waals surface area contributed by atoms with Crippen LogP contribution >= 0.6 is 38.9 Å². The van der Waals surface area contributed by atoms with Crippen molar-refractivity contribution in [1.29, 1.82) is 0 Å². The van der Waals surface area contributed by atoms with E-state index in [1.54, 1.807) is 12.4 Å². The fourth-order valence-corrected chi connectivity index (χ4v) is 4.94. The summed E-state index contributed by atoms with van der Waals surface area (Å²) in [6.07, 6.45) is 4.78. The third-order valence-electron chi connectivity index (χ3n) is 2.32. The van der Waals surface area contributed by atoms with Crippen LogP contribution in [0.25, 0.3) is 0 Å². The lowest BCUT2D eigenvalue weighted by Crippen LogP contribution is -2.24. The Labute approximate surface area is 128 Å². The molecule has 2 aromatic rings. The molecule has 0 saturated carbocycles. The lowest BCUT2D eigenvalue weighted by Gasteiger charge is -2.03. The number of rotatable bonds is 6. The van der Waals surface area contributed by atoms with E-state index in [4.69, 9.17) is 11.6 Å². The Kier molecular flexibility index (Phi) is 5.02. The lowest BCUT2D eigenvalue weighted by molar-refractivity contribution is 0.580. The van der Waals surface area contributed by atoms with Crippen LogP contribution in [-0.2, 0) is 16.4 Å². The smallest absolute Gasteiger partial charge is 0.250 e. The van der Waals surface area contributed by atoms with Crippen molar-refractivity contribution in [2.24, 2.45) is 0 Å². The van der Waals surface area contributed by atoms with Gasteiger partial charge in [0.15, 0.2) is 0 Å². The Morgan fingerprint density at radius 1 is 1.53 bits per heavy atom. The molecular weight excluding hydrogens is 374 g/mol. The van der Waals surface area contributed by atoms with Crippen molar-refractivity contribution in [3.63, 3.8) is 0 Å². The van der Waals surface area contributed by atoms with E-state index in [1.165, 1.54) is 6.07 Å². The quantitative estimate of drug-likeness (QED) is 0.752. The van der Waals surface area contributed by atoms with Crippen molar-refractivity contribution in [2.45, 2.75) is 17.1 Å². The Balaban J connectivity index is 1.87. The van der Waals surface area contributed by atoms with Gasteiger partial charge in [0.05, 0.1) is 8.81 Å². The predicted molar refractivity (Wildman–Crippen MR) is 79.1 cm³/mol. The zero-order chi connectivity index (χ0) is 13.9. The molecule has 2 N–H and O–H groups in total. The van der Waals surface area contributed by atoms with Gasteiger partial charge in [-0.2, -0.15) is 0 Å². The molecule has 0 aromatic carbocycles. The number of nitrogens with one attached hydrogen (secondary N) is 2. The number of H-pyrrole nitrogens is 1. The molecule has 0 radical (unpaired) electrons. The summed E-state index contributed by atoms with van der Waals surface area (Å²) in [5, 5.41) is 0.404. The minimum Gasteiger partial charge on any atom is -0.349 e. The SMILES string of the molecule is O=S(=O)(NCCCc1ncc[nH]1)c1cc(Cl)c(Br)s1. The fraction of sp³-hybridized carbons (Fsp3) is 0.300. The standard InChI is InChI=1S/C10H11BrClN3O2S2/c11-10-7(12)6-9(18-10)19(16,17)15-3-1-2-8-13-4-5-14-8/h4-6,15H,1-3H2,(H,13,14). The van der Waals surface area contributed by atoms with E-state index < -0.39 is 10.0 Å². The number of hydrogen-bond donors (Lipinski definition) is 2. The van der Waals surface area contributed by atoms with E-state index in [0.717, 1.165) is 17.2 Å². The van der Waals surface area contributed by atoms with Crippen LogP contribution in [0.15, 0.2) is 26.5 Å². The van der Waals surface area contributed by atoms with Gasteiger partial charge in [-0.25, -0.2) is 18.1 Å². The second-order valence-electron chi connectivity index (χ2n) is 3.72. The molecule has 0 amide bonds. The molecule has 0 unspecified atom stereocenters. The number of halogens is 2. The van der Waals surface area contributed by atoms with Crippen LogP contribution < -0.4 is 4.72 Å². The highest BCUT2D eigenvalue weighted by molar-refractivity contribution is 9.11. The summed E-state index contributed by atoms with van der Waals surface area (Å²) >= 11 is 10.1. The fourth-order valence-electron chi connectivity index (χ4n) is 1.43. The third kappa shape index (κ3) is 4.03. The summed E-state index contributed by atoms with van der Waals surface area (Å²) < 4.78 is 27.3. The van der Waals surface area contributed by atoms with Crippen molar-refractivity contribution in [3.05, 3.63) is 33.1 Å². The first-order chi connectivity index (χ1) is 8.99. The Morgan fingerprint density at radius 2 is 2.32 bits per heavy atom. The summed E-state index contributed by atoms with van der Waals surface area (Å²) in [6, 6.07) is 1.44. The first kappa shape index (κ1) is 15.0. The second-order valence-corrected chi connectivity index (χ2v) is 8.50. The molecule has 0 saturated heterocycles. The summed E-state index contributed by atoms with van der Waals surface area (Å²) in [4.78, 5) is 7.04. The van der Waals surface area contributed by atoms with Gasteiger partial charge in [0, 0.05) is 25.4 Å². The second kappa shape index (κ2) is 6.36. The largest absolute Gasteiger partial charge is 0.349 e. The van der Waals surface area contributed by atoms with E-state index in [9.17, 15) is 8.42 Å². The van der Waals surface area contributed by atoms with Crippen LogP contribution in [0, 0.1) is 0 Å². The summed E-state index contributed by atoms with van der Waals surface area (Å²) in [6.45, 7) is 0.357. The highest BCUT2D eigenvalue weighted by atomic mass is 79.9. The molecule has 5 nitrogen and oxygen atoms in total. The average molecular weight is 385 g/mol. The van der Waals surface area contributed by atoms with Crippen LogP contribution in [0.5, 0.6) is 0 Å². The van der Waals surface area contributed by atoms with Gasteiger partial charge in [-0.3, -0.25) is 0 Å². The van der Waals surface area contributed by atoms with Crippen LogP contribution in [0.1, 0.15) is 12.2 Å². The Morgan fingerprint density at radius 3 is 2.89 bits per heavy atom. The molecule has 0 aliphatic heterocycles.